The van der Waals surface area contributed by atoms with E-state index in [-0.39, 0.29) is 5.75 Å². The van der Waals surface area contributed by atoms with Crippen LogP contribution in [-0.4, -0.2) is 40.7 Å². The molecule has 5 aromatic rings. The molecule has 0 aliphatic heterocycles. The van der Waals surface area contributed by atoms with Crippen LogP contribution in [0, 0.1) is 5.92 Å². The number of fused-ring (bicyclic) bond motifs is 2. The molecule has 6 rings (SSSR count). The third kappa shape index (κ3) is 7.90. The Balaban J connectivity index is 0.000000212. The number of H-pyrrole nitrogens is 1. The van der Waals surface area contributed by atoms with Gasteiger partial charge in [0.25, 0.3) is 10.1 Å². The maximum Gasteiger partial charge on any atom is 0.270 e. The van der Waals surface area contributed by atoms with Gasteiger partial charge in [-0.25, -0.2) is 15.0 Å². The average Bonchev–Trinajstić information content (AvgIpc) is 3.42. The van der Waals surface area contributed by atoms with Gasteiger partial charge in [-0.1, -0.05) is 73.2 Å². The van der Waals surface area contributed by atoms with Crippen LogP contribution in [0.25, 0.3) is 44.3 Å². The highest BCUT2D eigenvalue weighted by Gasteiger charge is 2.20. The van der Waals surface area contributed by atoms with Gasteiger partial charge in [-0.15, -0.1) is 6.58 Å². The molecule has 1 saturated carbocycles. The lowest BCUT2D eigenvalue weighted by Gasteiger charge is -2.24. The lowest BCUT2D eigenvalue weighted by atomic mass is 9.86. The molecule has 42 heavy (non-hydrogen) atoms. The van der Waals surface area contributed by atoms with E-state index in [4.69, 9.17) is 14.9 Å². The van der Waals surface area contributed by atoms with Crippen molar-refractivity contribution in [1.82, 2.24) is 19.9 Å². The predicted octanol–water partition coefficient (Wildman–Crippen LogP) is 7.32. The number of hydrogen-bond acceptors (Lipinski definition) is 7. The summed E-state index contributed by atoms with van der Waals surface area (Å²) in [4.78, 5) is 16.4. The molecule has 1 fully saturated rings. The Labute approximate surface area is 247 Å². The molecule has 1 aliphatic rings. The highest BCUT2D eigenvalue weighted by molar-refractivity contribution is 7.86. The van der Waals surface area contributed by atoms with Crippen molar-refractivity contribution in [3.8, 4) is 22.4 Å². The number of allylic oxidation sites excluding steroid dienone is 2. The molecule has 218 valence electrons. The number of nitrogens with one attached hydrogen (secondary N) is 1. The molecule has 0 spiro atoms. The van der Waals surface area contributed by atoms with Crippen molar-refractivity contribution in [3.63, 3.8) is 0 Å². The maximum atomic E-state index is 11.0. The van der Waals surface area contributed by atoms with E-state index >= 15 is 0 Å². The number of aromatic nitrogens is 4. The fourth-order valence-corrected chi connectivity index (χ4v) is 5.11. The van der Waals surface area contributed by atoms with Gasteiger partial charge in [0, 0.05) is 22.7 Å². The van der Waals surface area contributed by atoms with E-state index in [2.05, 4.69) is 64.0 Å². The highest BCUT2D eigenvalue weighted by atomic mass is 32.2. The molecule has 1 aliphatic carbocycles. The van der Waals surface area contributed by atoms with Gasteiger partial charge in [0.05, 0.1) is 29.0 Å². The van der Waals surface area contributed by atoms with Crippen molar-refractivity contribution in [2.24, 2.45) is 5.92 Å². The first kappa shape index (κ1) is 30.6. The number of anilines is 1. The molecule has 0 unspecified atom stereocenters. The van der Waals surface area contributed by atoms with Crippen molar-refractivity contribution < 1.29 is 12.6 Å². The molecule has 0 bridgehead atoms. The van der Waals surface area contributed by atoms with Gasteiger partial charge in [0.1, 0.15) is 17.8 Å². The summed E-state index contributed by atoms with van der Waals surface area (Å²) >= 11 is 0. The highest BCUT2D eigenvalue weighted by Crippen LogP contribution is 2.32. The summed E-state index contributed by atoms with van der Waals surface area (Å²) in [6, 6.07) is 20.6. The Kier molecular flexibility index (Phi) is 10.6. The predicted molar refractivity (Wildman–Crippen MR) is 172 cm³/mol. The Morgan fingerprint density at radius 2 is 1.76 bits per heavy atom. The molecule has 0 saturated heterocycles. The summed E-state index contributed by atoms with van der Waals surface area (Å²) in [5.74, 6) is 0.849. The maximum absolute atomic E-state index is 11.0. The monoisotopic (exact) mass is 583 g/mol. The van der Waals surface area contributed by atoms with E-state index in [0.29, 0.717) is 18.3 Å². The smallest absolute Gasteiger partial charge is 0.270 e. The fraction of sp³-hybridized carbons (Fsp3) is 0.242. The zero-order valence-corrected chi connectivity index (χ0v) is 24.8. The lowest BCUT2D eigenvalue weighted by molar-refractivity contribution is 0.186. The van der Waals surface area contributed by atoms with Gasteiger partial charge in [-0.05, 0) is 50.3 Å². The number of nitrogens with zero attached hydrogens (tertiary/aromatic N) is 3. The topological polar surface area (TPSA) is 124 Å². The van der Waals surface area contributed by atoms with Gasteiger partial charge >= 0.3 is 0 Å². The third-order valence-corrected chi connectivity index (χ3v) is 8.07. The van der Waals surface area contributed by atoms with Crippen LogP contribution in [0.1, 0.15) is 33.1 Å². The van der Waals surface area contributed by atoms with Gasteiger partial charge in [0.15, 0.2) is 0 Å². The summed E-state index contributed by atoms with van der Waals surface area (Å²) in [5, 5.41) is 1.93. The van der Waals surface area contributed by atoms with Crippen LogP contribution < -0.4 is 5.73 Å². The molecule has 0 amide bonds. The molecule has 0 atom stereocenters. The van der Waals surface area contributed by atoms with Crippen LogP contribution in [0.2, 0.25) is 0 Å². The lowest BCUT2D eigenvalue weighted by Crippen LogP contribution is -2.21. The number of rotatable bonds is 7. The number of benzene rings is 2. The van der Waals surface area contributed by atoms with Crippen molar-refractivity contribution in [3.05, 3.63) is 98.0 Å². The largest absolute Gasteiger partial charge is 0.383 e. The zero-order valence-electron chi connectivity index (χ0n) is 24.0. The second-order valence-corrected chi connectivity index (χ2v) is 11.6. The van der Waals surface area contributed by atoms with E-state index in [1.165, 1.54) is 18.8 Å². The van der Waals surface area contributed by atoms with Crippen molar-refractivity contribution >= 4 is 37.9 Å². The summed E-state index contributed by atoms with van der Waals surface area (Å²) in [6.45, 7) is 7.71. The Morgan fingerprint density at radius 3 is 2.43 bits per heavy atom. The molecule has 3 heterocycles. The van der Waals surface area contributed by atoms with Crippen LogP contribution in [-0.2, 0) is 14.3 Å². The molecule has 2 aromatic carbocycles. The standard InChI is InChI=1S/C21H15N5.C8H14O3S.C4H8/c22-20-19-16(11-23-21(19)25-12-24-20)15-7-6-14-8-9-17(26-18(14)10-15)13-4-2-1-3-5-13;1-2-6-12(9,10)11-7-8-4-3-5-8;1-3-4-2/h1-12H,(H3,22,23,24,25);2,8H,1,3-7H2;3-4H,1-2H3/b;;4-3+. The minimum absolute atomic E-state index is 0.0836. The van der Waals surface area contributed by atoms with E-state index in [0.717, 1.165) is 57.2 Å². The van der Waals surface area contributed by atoms with Crippen LogP contribution in [0.3, 0.4) is 0 Å². The van der Waals surface area contributed by atoms with Crippen LogP contribution >= 0.6 is 0 Å². The number of hydrogen-bond donors (Lipinski definition) is 2. The summed E-state index contributed by atoms with van der Waals surface area (Å²) in [7, 11) is -3.32. The molecule has 3 aromatic heterocycles. The van der Waals surface area contributed by atoms with E-state index in [1.54, 1.807) is 0 Å². The summed E-state index contributed by atoms with van der Waals surface area (Å²) in [6.07, 6.45) is 12.1. The normalized spacial score (nSPS) is 13.2. The fourth-order valence-electron chi connectivity index (χ4n) is 4.32. The Bertz CT molecular complexity index is 1760. The number of pyridine rings is 1. The van der Waals surface area contributed by atoms with Gasteiger partial charge in [-0.3, -0.25) is 4.18 Å². The number of nitrogen functional groups attached to an aromatic ring is 1. The first-order valence-corrected chi connectivity index (χ1v) is 15.5. The second-order valence-electron chi connectivity index (χ2n) is 9.92. The van der Waals surface area contributed by atoms with Crippen molar-refractivity contribution in [2.75, 3.05) is 18.1 Å². The first-order chi connectivity index (χ1) is 20.3. The van der Waals surface area contributed by atoms with Crippen LogP contribution in [0.15, 0.2) is 98.0 Å². The minimum atomic E-state index is -3.32. The molecule has 3 N–H and O–H groups in total. The molecular formula is C33H37N5O3S. The second kappa shape index (κ2) is 14.5. The SMILES string of the molecule is C/C=C/C.C=CCS(=O)(=O)OCC1CCC1.Nc1ncnc2[nH]cc(-c3ccc4ccc(-c5ccccc5)nc4c3)c12. The molecule has 9 heteroatoms. The van der Waals surface area contributed by atoms with E-state index in [1.807, 2.05) is 50.4 Å². The molecular weight excluding hydrogens is 546 g/mol. The third-order valence-electron chi connectivity index (χ3n) is 6.94. The Hall–Kier alpha value is -4.34. The number of nitrogens with two attached hydrogens (primary N) is 1. The minimum Gasteiger partial charge on any atom is -0.383 e. The molecule has 8 nitrogen and oxygen atoms in total. The van der Waals surface area contributed by atoms with Crippen molar-refractivity contribution in [1.29, 1.82) is 0 Å². The van der Waals surface area contributed by atoms with E-state index < -0.39 is 10.1 Å². The first-order valence-electron chi connectivity index (χ1n) is 13.9. The van der Waals surface area contributed by atoms with Crippen LogP contribution in [0.5, 0.6) is 0 Å². The zero-order chi connectivity index (χ0) is 30.0. The van der Waals surface area contributed by atoms with Crippen molar-refractivity contribution in [2.45, 2.75) is 33.1 Å². The summed E-state index contributed by atoms with van der Waals surface area (Å²) in [5.41, 5.74) is 11.8. The van der Waals surface area contributed by atoms with Gasteiger partial charge in [0.2, 0.25) is 0 Å². The summed E-state index contributed by atoms with van der Waals surface area (Å²) < 4.78 is 26.7. The number of aromatic amines is 1. The van der Waals surface area contributed by atoms with Gasteiger partial charge < -0.3 is 10.7 Å². The van der Waals surface area contributed by atoms with Crippen LogP contribution in [0.4, 0.5) is 5.82 Å². The van der Waals surface area contributed by atoms with E-state index in [9.17, 15) is 8.42 Å². The average molecular weight is 584 g/mol. The van der Waals surface area contributed by atoms with Gasteiger partial charge in [-0.2, -0.15) is 8.42 Å². The quantitative estimate of drug-likeness (QED) is 0.152. The Morgan fingerprint density at radius 1 is 1.02 bits per heavy atom. The molecule has 0 radical (unpaired) electrons.